The van der Waals surface area contributed by atoms with Crippen molar-refractivity contribution in [1.82, 2.24) is 10.2 Å². The summed E-state index contributed by atoms with van der Waals surface area (Å²) in [6.45, 7) is 0. The molecule has 0 unspecified atom stereocenters. The van der Waals surface area contributed by atoms with Gasteiger partial charge in [0, 0.05) is 6.07 Å². The van der Waals surface area contributed by atoms with Crippen LogP contribution < -0.4 is 11.1 Å². The van der Waals surface area contributed by atoms with Gasteiger partial charge in [0.1, 0.15) is 5.82 Å². The molecule has 0 radical (unpaired) electrons. The van der Waals surface area contributed by atoms with Gasteiger partial charge in [-0.05, 0) is 12.1 Å². The van der Waals surface area contributed by atoms with Crippen molar-refractivity contribution in [2.24, 2.45) is 0 Å². The van der Waals surface area contributed by atoms with Crippen LogP contribution >= 0.6 is 11.6 Å². The van der Waals surface area contributed by atoms with Gasteiger partial charge in [0.25, 0.3) is 5.91 Å². The third-order valence-electron chi connectivity index (χ3n) is 2.02. The van der Waals surface area contributed by atoms with Crippen LogP contribution in [0.25, 0.3) is 0 Å². The Kier molecular flexibility index (Phi) is 2.78. The molecular weight excluding hydrogens is 228 g/mol. The van der Waals surface area contributed by atoms with Crippen LogP contribution in [0.5, 0.6) is 0 Å². The Labute approximate surface area is 96.6 Å². The zero-order valence-corrected chi connectivity index (χ0v) is 8.95. The van der Waals surface area contributed by atoms with Crippen LogP contribution in [-0.4, -0.2) is 16.1 Å². The first-order chi connectivity index (χ1) is 7.68. The molecule has 5 nitrogen and oxygen atoms in total. The van der Waals surface area contributed by atoms with Crippen LogP contribution in [0.4, 0.5) is 11.5 Å². The molecule has 0 aliphatic carbocycles. The minimum Gasteiger partial charge on any atom is -0.398 e. The van der Waals surface area contributed by atoms with Crippen LogP contribution in [0.3, 0.4) is 0 Å². The predicted molar refractivity (Wildman–Crippen MR) is 62.4 cm³/mol. The minimum absolute atomic E-state index is 0.250. The van der Waals surface area contributed by atoms with Crippen molar-refractivity contribution < 1.29 is 4.79 Å². The van der Waals surface area contributed by atoms with E-state index in [0.29, 0.717) is 17.1 Å². The lowest BCUT2D eigenvalue weighted by Gasteiger charge is -2.06. The van der Waals surface area contributed by atoms with Gasteiger partial charge in [0.2, 0.25) is 0 Å². The number of nitrogen functional groups attached to an aromatic ring is 1. The van der Waals surface area contributed by atoms with E-state index in [-0.39, 0.29) is 10.9 Å². The van der Waals surface area contributed by atoms with Gasteiger partial charge in [-0.2, -0.15) is 5.10 Å². The summed E-state index contributed by atoms with van der Waals surface area (Å²) in [4.78, 5) is 11.8. The van der Waals surface area contributed by atoms with Crippen molar-refractivity contribution in [2.75, 3.05) is 11.1 Å². The summed E-state index contributed by atoms with van der Waals surface area (Å²) in [6.07, 6.45) is 1.54. The smallest absolute Gasteiger partial charge is 0.258 e. The number of nitrogens with two attached hydrogens (primary N) is 1. The van der Waals surface area contributed by atoms with Crippen LogP contribution in [0.1, 0.15) is 10.4 Å². The van der Waals surface area contributed by atoms with Crippen LogP contribution in [-0.2, 0) is 0 Å². The Morgan fingerprint density at radius 2 is 2.25 bits per heavy atom. The van der Waals surface area contributed by atoms with Crippen LogP contribution in [0, 0.1) is 0 Å². The molecule has 1 amide bonds. The Morgan fingerprint density at radius 1 is 1.44 bits per heavy atom. The van der Waals surface area contributed by atoms with Crippen LogP contribution in [0.2, 0.25) is 5.02 Å². The number of carbonyl (C=O) groups is 1. The topological polar surface area (TPSA) is 83.8 Å². The monoisotopic (exact) mass is 236 g/mol. The Bertz CT molecular complexity index is 510. The van der Waals surface area contributed by atoms with Gasteiger partial charge in [0.05, 0.1) is 22.5 Å². The number of aromatic nitrogens is 2. The summed E-state index contributed by atoms with van der Waals surface area (Å²) in [5.74, 6) is 0.171. The molecule has 82 valence electrons. The quantitative estimate of drug-likeness (QED) is 0.697. The third-order valence-corrected chi connectivity index (χ3v) is 2.44. The van der Waals surface area contributed by atoms with Crippen LogP contribution in [0.15, 0.2) is 30.5 Å². The number of nitrogens with one attached hydrogen (secondary N) is 2. The van der Waals surface area contributed by atoms with Gasteiger partial charge in [-0.3, -0.25) is 9.89 Å². The highest BCUT2D eigenvalue weighted by Gasteiger charge is 2.12. The maximum absolute atomic E-state index is 11.8. The van der Waals surface area contributed by atoms with E-state index in [2.05, 4.69) is 15.5 Å². The standard InChI is InChI=1S/C10H9ClN4O/c11-9-6(2-1-3-7(9)12)10(16)14-8-4-5-13-15-8/h1-5H,12H2,(H2,13,14,15,16). The maximum atomic E-state index is 11.8. The average Bonchev–Trinajstić information content (AvgIpc) is 2.74. The molecular formula is C10H9ClN4O. The SMILES string of the molecule is Nc1cccc(C(=O)Nc2ccn[nH]2)c1Cl. The Hall–Kier alpha value is -2.01. The lowest BCUT2D eigenvalue weighted by atomic mass is 10.2. The fourth-order valence-corrected chi connectivity index (χ4v) is 1.45. The molecule has 1 heterocycles. The van der Waals surface area contributed by atoms with E-state index >= 15 is 0 Å². The molecule has 0 aliphatic heterocycles. The highest BCUT2D eigenvalue weighted by atomic mass is 35.5. The lowest BCUT2D eigenvalue weighted by Crippen LogP contribution is -2.13. The number of rotatable bonds is 2. The first-order valence-electron chi connectivity index (χ1n) is 4.53. The van der Waals surface area contributed by atoms with Crippen molar-refractivity contribution in [3.05, 3.63) is 41.0 Å². The minimum atomic E-state index is -0.332. The summed E-state index contributed by atoms with van der Waals surface area (Å²) in [5, 5.41) is 9.19. The number of hydrogen-bond acceptors (Lipinski definition) is 3. The number of hydrogen-bond donors (Lipinski definition) is 3. The predicted octanol–water partition coefficient (Wildman–Crippen LogP) is 1.90. The summed E-state index contributed by atoms with van der Waals surface area (Å²) in [7, 11) is 0. The molecule has 0 aliphatic rings. The zero-order chi connectivity index (χ0) is 11.5. The number of carbonyl (C=O) groups excluding carboxylic acids is 1. The summed E-state index contributed by atoms with van der Waals surface area (Å²) in [5.41, 5.74) is 6.30. The van der Waals surface area contributed by atoms with Gasteiger partial charge in [0.15, 0.2) is 0 Å². The summed E-state index contributed by atoms with van der Waals surface area (Å²) < 4.78 is 0. The van der Waals surface area contributed by atoms with Gasteiger partial charge >= 0.3 is 0 Å². The lowest BCUT2D eigenvalue weighted by molar-refractivity contribution is 0.102. The van der Waals surface area contributed by atoms with E-state index in [1.807, 2.05) is 0 Å². The number of H-pyrrole nitrogens is 1. The average molecular weight is 237 g/mol. The first-order valence-corrected chi connectivity index (χ1v) is 4.91. The number of nitrogens with zero attached hydrogens (tertiary/aromatic N) is 1. The molecule has 0 bridgehead atoms. The summed E-state index contributed by atoms with van der Waals surface area (Å²) >= 11 is 5.92. The van der Waals surface area contributed by atoms with E-state index in [0.717, 1.165) is 0 Å². The molecule has 4 N–H and O–H groups in total. The molecule has 2 rings (SSSR count). The van der Waals surface area contributed by atoms with Crippen molar-refractivity contribution >= 4 is 29.0 Å². The largest absolute Gasteiger partial charge is 0.398 e. The highest BCUT2D eigenvalue weighted by molar-refractivity contribution is 6.36. The van der Waals surface area contributed by atoms with E-state index in [9.17, 15) is 4.79 Å². The fourth-order valence-electron chi connectivity index (χ4n) is 1.24. The molecule has 16 heavy (non-hydrogen) atoms. The van der Waals surface area contributed by atoms with Crippen molar-refractivity contribution in [1.29, 1.82) is 0 Å². The molecule has 6 heteroatoms. The molecule has 0 spiro atoms. The fraction of sp³-hybridized carbons (Fsp3) is 0. The van der Waals surface area contributed by atoms with Crippen molar-refractivity contribution in [2.45, 2.75) is 0 Å². The second-order valence-electron chi connectivity index (χ2n) is 3.13. The number of halogens is 1. The molecule has 0 fully saturated rings. The second kappa shape index (κ2) is 4.24. The third kappa shape index (κ3) is 1.99. The Morgan fingerprint density at radius 3 is 2.94 bits per heavy atom. The molecule has 1 aromatic carbocycles. The van der Waals surface area contributed by atoms with E-state index in [1.54, 1.807) is 24.3 Å². The molecule has 0 saturated carbocycles. The maximum Gasteiger partial charge on any atom is 0.258 e. The van der Waals surface area contributed by atoms with Gasteiger partial charge < -0.3 is 11.1 Å². The molecule has 1 aromatic heterocycles. The molecule has 2 aromatic rings. The number of benzene rings is 1. The molecule has 0 saturated heterocycles. The van der Waals surface area contributed by atoms with E-state index in [1.165, 1.54) is 6.20 Å². The number of aromatic amines is 1. The highest BCUT2D eigenvalue weighted by Crippen LogP contribution is 2.23. The van der Waals surface area contributed by atoms with E-state index in [4.69, 9.17) is 17.3 Å². The summed E-state index contributed by atoms with van der Waals surface area (Å²) in [6, 6.07) is 6.54. The zero-order valence-electron chi connectivity index (χ0n) is 8.20. The first kappa shape index (κ1) is 10.5. The second-order valence-corrected chi connectivity index (χ2v) is 3.51. The van der Waals surface area contributed by atoms with Crippen molar-refractivity contribution in [3.8, 4) is 0 Å². The molecule has 0 atom stereocenters. The Balaban J connectivity index is 2.24. The van der Waals surface area contributed by atoms with Gasteiger partial charge in [-0.1, -0.05) is 17.7 Å². The number of anilines is 2. The number of amides is 1. The van der Waals surface area contributed by atoms with Crippen molar-refractivity contribution in [3.63, 3.8) is 0 Å². The normalized spacial score (nSPS) is 10.1. The van der Waals surface area contributed by atoms with Gasteiger partial charge in [-0.15, -0.1) is 0 Å². The van der Waals surface area contributed by atoms with E-state index < -0.39 is 0 Å². The van der Waals surface area contributed by atoms with Gasteiger partial charge in [-0.25, -0.2) is 0 Å².